The van der Waals surface area contributed by atoms with Gasteiger partial charge in [0, 0.05) is 24.2 Å². The van der Waals surface area contributed by atoms with Crippen LogP contribution in [0.1, 0.15) is 44.7 Å². The molecule has 1 aromatic heterocycles. The molecular formula is C17H29N3O. The molecule has 4 heteroatoms. The first-order chi connectivity index (χ1) is 10.2. The molecule has 21 heavy (non-hydrogen) atoms. The second kappa shape index (κ2) is 8.35. The molecule has 1 aliphatic rings. The van der Waals surface area contributed by atoms with E-state index in [1.54, 1.807) is 0 Å². The normalized spacial score (nSPS) is 21.2. The number of nitrogens with zero attached hydrogens (tertiary/aromatic N) is 2. The lowest BCUT2D eigenvalue weighted by Crippen LogP contribution is -2.37. The zero-order valence-corrected chi connectivity index (χ0v) is 13.4. The lowest BCUT2D eigenvalue weighted by molar-refractivity contribution is 0.153. The lowest BCUT2D eigenvalue weighted by atomic mass is 10.0. The van der Waals surface area contributed by atoms with Gasteiger partial charge in [-0.15, -0.1) is 0 Å². The number of hydrogen-bond acceptors (Lipinski definition) is 4. The highest BCUT2D eigenvalue weighted by Crippen LogP contribution is 2.18. The molecular weight excluding hydrogens is 262 g/mol. The van der Waals surface area contributed by atoms with Crippen molar-refractivity contribution >= 4 is 0 Å². The van der Waals surface area contributed by atoms with Gasteiger partial charge in [0.05, 0.1) is 12.8 Å². The summed E-state index contributed by atoms with van der Waals surface area (Å²) in [6, 6.07) is 4.91. The van der Waals surface area contributed by atoms with Gasteiger partial charge in [-0.1, -0.05) is 13.3 Å². The lowest BCUT2D eigenvalue weighted by Gasteiger charge is -2.32. The van der Waals surface area contributed by atoms with E-state index in [0.29, 0.717) is 6.04 Å². The van der Waals surface area contributed by atoms with E-state index in [2.05, 4.69) is 23.9 Å². The highest BCUT2D eigenvalue weighted by atomic mass is 16.5. The third kappa shape index (κ3) is 5.29. The van der Waals surface area contributed by atoms with E-state index in [9.17, 15) is 0 Å². The maximum Gasteiger partial charge on any atom is 0.137 e. The fourth-order valence-electron chi connectivity index (χ4n) is 2.85. The van der Waals surface area contributed by atoms with Crippen LogP contribution in [0.15, 0.2) is 18.3 Å². The van der Waals surface area contributed by atoms with Crippen LogP contribution in [0.25, 0.3) is 0 Å². The van der Waals surface area contributed by atoms with Crippen LogP contribution in [-0.2, 0) is 6.42 Å². The second-order valence-corrected chi connectivity index (χ2v) is 6.13. The maximum absolute atomic E-state index is 5.94. The van der Waals surface area contributed by atoms with E-state index in [1.165, 1.54) is 25.8 Å². The molecule has 1 saturated heterocycles. The Balaban J connectivity index is 1.73. The number of hydrogen-bond donors (Lipinski definition) is 1. The summed E-state index contributed by atoms with van der Waals surface area (Å²) in [5, 5.41) is 0. The Kier molecular flexibility index (Phi) is 6.46. The summed E-state index contributed by atoms with van der Waals surface area (Å²) in [5.74, 6) is 0.863. The molecule has 0 saturated carbocycles. The molecule has 0 aliphatic carbocycles. The molecule has 2 atom stereocenters. The van der Waals surface area contributed by atoms with Gasteiger partial charge in [-0.3, -0.25) is 4.98 Å². The van der Waals surface area contributed by atoms with Gasteiger partial charge >= 0.3 is 0 Å². The highest BCUT2D eigenvalue weighted by molar-refractivity contribution is 5.20. The number of pyridine rings is 1. The third-order valence-electron chi connectivity index (χ3n) is 4.43. The Bertz CT molecular complexity index is 407. The Morgan fingerprint density at radius 3 is 2.95 bits per heavy atom. The van der Waals surface area contributed by atoms with Gasteiger partial charge in [0.15, 0.2) is 0 Å². The van der Waals surface area contributed by atoms with Gasteiger partial charge in [0.2, 0.25) is 0 Å². The van der Waals surface area contributed by atoms with E-state index < -0.39 is 0 Å². The molecule has 2 unspecified atom stereocenters. The summed E-state index contributed by atoms with van der Waals surface area (Å²) in [5.41, 5.74) is 6.99. The van der Waals surface area contributed by atoms with E-state index in [0.717, 1.165) is 37.3 Å². The standard InChI is InChI=1S/C17H29N3O/c1-3-14(18)12-15-7-8-17(13-19-15)21-11-9-16-6-4-5-10-20(16)2/h7-8,13-14,16H,3-6,9-12,18H2,1-2H3. The molecule has 1 aliphatic heterocycles. The first kappa shape index (κ1) is 16.2. The fourth-order valence-corrected chi connectivity index (χ4v) is 2.85. The molecule has 4 nitrogen and oxygen atoms in total. The van der Waals surface area contributed by atoms with E-state index in [1.807, 2.05) is 18.3 Å². The van der Waals surface area contributed by atoms with Crippen LogP contribution in [0.3, 0.4) is 0 Å². The first-order valence-corrected chi connectivity index (χ1v) is 8.22. The van der Waals surface area contributed by atoms with Crippen molar-refractivity contribution in [3.8, 4) is 5.75 Å². The largest absolute Gasteiger partial charge is 0.492 e. The zero-order chi connectivity index (χ0) is 15.1. The molecule has 1 fully saturated rings. The van der Waals surface area contributed by atoms with E-state index >= 15 is 0 Å². The van der Waals surface area contributed by atoms with Gasteiger partial charge < -0.3 is 15.4 Å². The average Bonchev–Trinajstić information content (AvgIpc) is 2.51. The van der Waals surface area contributed by atoms with Gasteiger partial charge in [-0.2, -0.15) is 0 Å². The van der Waals surface area contributed by atoms with Crippen molar-refractivity contribution in [2.75, 3.05) is 20.2 Å². The molecule has 0 radical (unpaired) electrons. The molecule has 0 aromatic carbocycles. The predicted octanol–water partition coefficient (Wildman–Crippen LogP) is 2.61. The Morgan fingerprint density at radius 1 is 1.43 bits per heavy atom. The SMILES string of the molecule is CCC(N)Cc1ccc(OCCC2CCCCN2C)cn1. The number of likely N-dealkylation sites (tertiary alicyclic amines) is 1. The number of aromatic nitrogens is 1. The van der Waals surface area contributed by atoms with Crippen LogP contribution in [0.5, 0.6) is 5.75 Å². The van der Waals surface area contributed by atoms with Crippen LogP contribution in [-0.4, -0.2) is 42.2 Å². The molecule has 0 bridgehead atoms. The summed E-state index contributed by atoms with van der Waals surface area (Å²) in [7, 11) is 2.22. The summed E-state index contributed by atoms with van der Waals surface area (Å²) < 4.78 is 5.82. The summed E-state index contributed by atoms with van der Waals surface area (Å²) in [4.78, 5) is 6.89. The second-order valence-electron chi connectivity index (χ2n) is 6.13. The zero-order valence-electron chi connectivity index (χ0n) is 13.4. The molecule has 118 valence electrons. The number of rotatable bonds is 7. The van der Waals surface area contributed by atoms with Gasteiger partial charge in [0.1, 0.15) is 5.75 Å². The average molecular weight is 291 g/mol. The Hall–Kier alpha value is -1.13. The number of nitrogens with two attached hydrogens (primary N) is 1. The summed E-state index contributed by atoms with van der Waals surface area (Å²) in [6.45, 7) is 4.09. The monoisotopic (exact) mass is 291 g/mol. The van der Waals surface area contributed by atoms with Crippen molar-refractivity contribution in [2.24, 2.45) is 5.73 Å². The predicted molar refractivity (Wildman–Crippen MR) is 86.6 cm³/mol. The maximum atomic E-state index is 5.94. The van der Waals surface area contributed by atoms with Crippen LogP contribution < -0.4 is 10.5 Å². The Morgan fingerprint density at radius 2 is 2.29 bits per heavy atom. The van der Waals surface area contributed by atoms with Gasteiger partial charge in [-0.25, -0.2) is 0 Å². The minimum atomic E-state index is 0.200. The summed E-state index contributed by atoms with van der Waals surface area (Å²) >= 11 is 0. The van der Waals surface area contributed by atoms with Crippen molar-refractivity contribution < 1.29 is 4.74 Å². The van der Waals surface area contributed by atoms with Crippen molar-refractivity contribution in [2.45, 2.75) is 57.5 Å². The minimum Gasteiger partial charge on any atom is -0.492 e. The minimum absolute atomic E-state index is 0.200. The smallest absolute Gasteiger partial charge is 0.137 e. The van der Waals surface area contributed by atoms with Crippen molar-refractivity contribution in [3.05, 3.63) is 24.0 Å². The third-order valence-corrected chi connectivity index (χ3v) is 4.43. The quantitative estimate of drug-likeness (QED) is 0.839. The highest BCUT2D eigenvalue weighted by Gasteiger charge is 2.18. The van der Waals surface area contributed by atoms with Crippen molar-refractivity contribution in [1.29, 1.82) is 0 Å². The summed E-state index contributed by atoms with van der Waals surface area (Å²) in [6.07, 6.45) is 8.72. The van der Waals surface area contributed by atoms with Gasteiger partial charge in [0.25, 0.3) is 0 Å². The molecule has 2 N–H and O–H groups in total. The van der Waals surface area contributed by atoms with Crippen molar-refractivity contribution in [1.82, 2.24) is 9.88 Å². The van der Waals surface area contributed by atoms with E-state index in [4.69, 9.17) is 10.5 Å². The van der Waals surface area contributed by atoms with Crippen LogP contribution in [0.4, 0.5) is 0 Å². The van der Waals surface area contributed by atoms with Crippen molar-refractivity contribution in [3.63, 3.8) is 0 Å². The van der Waals surface area contributed by atoms with Crippen LogP contribution >= 0.6 is 0 Å². The van der Waals surface area contributed by atoms with Crippen LogP contribution in [0.2, 0.25) is 0 Å². The fraction of sp³-hybridized carbons (Fsp3) is 0.706. The molecule has 0 amide bonds. The molecule has 1 aromatic rings. The van der Waals surface area contributed by atoms with E-state index in [-0.39, 0.29) is 6.04 Å². The number of ether oxygens (including phenoxy) is 1. The molecule has 2 heterocycles. The topological polar surface area (TPSA) is 51.4 Å². The Labute approximate surface area is 128 Å². The number of piperidine rings is 1. The van der Waals surface area contributed by atoms with Gasteiger partial charge in [-0.05, 0) is 51.4 Å². The first-order valence-electron chi connectivity index (χ1n) is 8.22. The van der Waals surface area contributed by atoms with Crippen LogP contribution in [0, 0.1) is 0 Å². The molecule has 0 spiro atoms. The molecule has 2 rings (SSSR count).